The third-order valence-electron chi connectivity index (χ3n) is 2.40. The lowest BCUT2D eigenvalue weighted by Gasteiger charge is -2.09. The van der Waals surface area contributed by atoms with E-state index in [9.17, 15) is 8.78 Å². The van der Waals surface area contributed by atoms with Crippen LogP contribution in [0.2, 0.25) is 0 Å². The number of hydrogen-bond acceptors (Lipinski definition) is 5. The monoisotopic (exact) mass is 268 g/mol. The quantitative estimate of drug-likeness (QED) is 0.783. The molecule has 7 heteroatoms. The van der Waals surface area contributed by atoms with Gasteiger partial charge in [0.2, 0.25) is 5.95 Å². The highest BCUT2D eigenvalue weighted by Gasteiger charge is 2.05. The van der Waals surface area contributed by atoms with Crippen LogP contribution in [-0.2, 0) is 4.74 Å². The summed E-state index contributed by atoms with van der Waals surface area (Å²) in [6, 6.07) is 7.40. The van der Waals surface area contributed by atoms with Crippen LogP contribution >= 0.6 is 0 Å². The summed E-state index contributed by atoms with van der Waals surface area (Å²) in [4.78, 5) is 8.19. The molecule has 0 aliphatic heterocycles. The molecule has 19 heavy (non-hydrogen) atoms. The van der Waals surface area contributed by atoms with Gasteiger partial charge in [-0.1, -0.05) is 12.1 Å². The van der Waals surface area contributed by atoms with Crippen molar-refractivity contribution in [2.24, 2.45) is 0 Å². The van der Waals surface area contributed by atoms with Crippen molar-refractivity contribution in [3.63, 3.8) is 0 Å². The summed E-state index contributed by atoms with van der Waals surface area (Å²) in [7, 11) is 0. The highest BCUT2D eigenvalue weighted by Crippen LogP contribution is 2.20. The number of hydrogen-bond donors (Lipinski definition) is 2. The van der Waals surface area contributed by atoms with Gasteiger partial charge in [-0.15, -0.1) is 0 Å². The Bertz CT molecular complexity index is 550. The van der Waals surface area contributed by atoms with Crippen LogP contribution in [0.5, 0.6) is 0 Å². The largest absolute Gasteiger partial charge is 0.374 e. The van der Waals surface area contributed by atoms with E-state index in [1.807, 2.05) is 24.3 Å². The predicted molar refractivity (Wildman–Crippen MR) is 69.3 cm³/mol. The first kappa shape index (κ1) is 13.4. The summed E-state index contributed by atoms with van der Waals surface area (Å²) in [6.45, 7) is -0.0237. The van der Waals surface area contributed by atoms with Gasteiger partial charge in [0.05, 0.1) is 12.1 Å². The van der Waals surface area contributed by atoms with E-state index in [1.165, 1.54) is 0 Å². The fourth-order valence-electron chi connectivity index (χ4n) is 1.64. The number of nitrogen functional groups attached to an aromatic ring is 1. The van der Waals surface area contributed by atoms with Gasteiger partial charge < -0.3 is 15.8 Å². The minimum Gasteiger partial charge on any atom is -0.374 e. The van der Waals surface area contributed by atoms with Crippen LogP contribution in [0.3, 0.4) is 0 Å². The number of nitrogens with zero attached hydrogens (tertiary/aromatic N) is 2. The molecule has 2 aromatic rings. The Kier molecular flexibility index (Phi) is 4.40. The van der Waals surface area contributed by atoms with Gasteiger partial charge in [-0.2, -0.15) is 4.98 Å². The second-order valence-electron chi connectivity index (χ2n) is 3.84. The molecule has 3 N–H and O–H groups in total. The van der Waals surface area contributed by atoms with Crippen LogP contribution < -0.4 is 11.1 Å². The molecular formula is C12H14F2N4O. The molecule has 1 heterocycles. The Balaban J connectivity index is 2.00. The van der Waals surface area contributed by atoms with Crippen LogP contribution in [-0.4, -0.2) is 36.2 Å². The Morgan fingerprint density at radius 2 is 2.05 bits per heavy atom. The second-order valence-corrected chi connectivity index (χ2v) is 3.84. The summed E-state index contributed by atoms with van der Waals surface area (Å²) < 4.78 is 28.5. The summed E-state index contributed by atoms with van der Waals surface area (Å²) >= 11 is 0. The van der Waals surface area contributed by atoms with E-state index in [4.69, 9.17) is 10.5 Å². The molecule has 102 valence electrons. The number of ether oxygens (including phenoxy) is 1. The molecule has 0 aliphatic carbocycles. The number of benzene rings is 1. The zero-order chi connectivity index (χ0) is 13.7. The maximum atomic E-state index is 11.9. The molecule has 1 aromatic heterocycles. The van der Waals surface area contributed by atoms with Crippen LogP contribution in [0.4, 0.5) is 20.5 Å². The lowest BCUT2D eigenvalue weighted by molar-refractivity contribution is 0.0215. The Labute approximate surface area is 108 Å². The van der Waals surface area contributed by atoms with Crippen molar-refractivity contribution in [2.45, 2.75) is 6.43 Å². The molecule has 0 amide bonds. The zero-order valence-electron chi connectivity index (χ0n) is 10.1. The van der Waals surface area contributed by atoms with Gasteiger partial charge in [-0.3, -0.25) is 0 Å². The van der Waals surface area contributed by atoms with Gasteiger partial charge >= 0.3 is 0 Å². The van der Waals surface area contributed by atoms with Crippen molar-refractivity contribution in [3.8, 4) is 0 Å². The van der Waals surface area contributed by atoms with Crippen molar-refractivity contribution in [1.29, 1.82) is 0 Å². The first-order valence-electron chi connectivity index (χ1n) is 5.79. The molecule has 0 atom stereocenters. The number of alkyl halides is 2. The predicted octanol–water partition coefficient (Wildman–Crippen LogP) is 1.91. The summed E-state index contributed by atoms with van der Waals surface area (Å²) in [5.41, 5.74) is 6.33. The van der Waals surface area contributed by atoms with Crippen molar-refractivity contribution in [1.82, 2.24) is 9.97 Å². The van der Waals surface area contributed by atoms with Crippen molar-refractivity contribution in [3.05, 3.63) is 24.3 Å². The highest BCUT2D eigenvalue weighted by molar-refractivity contribution is 5.89. The number of fused-ring (bicyclic) bond motifs is 1. The number of rotatable bonds is 6. The Morgan fingerprint density at radius 1 is 1.26 bits per heavy atom. The smallest absolute Gasteiger partial charge is 0.261 e. The number of nitrogens with two attached hydrogens (primary N) is 1. The topological polar surface area (TPSA) is 73.1 Å². The van der Waals surface area contributed by atoms with Gasteiger partial charge in [0, 0.05) is 11.9 Å². The molecule has 0 bridgehead atoms. The van der Waals surface area contributed by atoms with Crippen LogP contribution in [0.25, 0.3) is 10.9 Å². The van der Waals surface area contributed by atoms with Gasteiger partial charge in [-0.05, 0) is 12.1 Å². The molecule has 5 nitrogen and oxygen atoms in total. The summed E-state index contributed by atoms with van der Waals surface area (Å²) in [5, 5.41) is 3.83. The minimum absolute atomic E-state index is 0.162. The fraction of sp³-hybridized carbons (Fsp3) is 0.333. The Hall–Kier alpha value is -2.02. The number of para-hydroxylation sites is 1. The fourth-order valence-corrected chi connectivity index (χ4v) is 1.64. The number of aromatic nitrogens is 2. The van der Waals surface area contributed by atoms with E-state index >= 15 is 0 Å². The lowest BCUT2D eigenvalue weighted by Crippen LogP contribution is -2.14. The van der Waals surface area contributed by atoms with Crippen LogP contribution in [0.1, 0.15) is 0 Å². The molecule has 0 unspecified atom stereocenters. The molecule has 0 saturated heterocycles. The molecule has 1 aromatic carbocycles. The average Bonchev–Trinajstić information content (AvgIpc) is 2.37. The molecule has 0 aliphatic rings. The summed E-state index contributed by atoms with van der Waals surface area (Å²) in [5.74, 6) is 0.735. The van der Waals surface area contributed by atoms with Gasteiger partial charge in [0.25, 0.3) is 6.43 Å². The summed E-state index contributed by atoms with van der Waals surface area (Å²) in [6.07, 6.45) is -2.45. The zero-order valence-corrected chi connectivity index (χ0v) is 10.1. The maximum absolute atomic E-state index is 11.9. The first-order chi connectivity index (χ1) is 9.16. The SMILES string of the molecule is Nc1nc(NCCOCC(F)F)c2ccccc2n1. The second kappa shape index (κ2) is 6.24. The normalized spacial score (nSPS) is 11.1. The highest BCUT2D eigenvalue weighted by atomic mass is 19.3. The molecular weight excluding hydrogens is 254 g/mol. The van der Waals surface area contributed by atoms with Gasteiger partial charge in [0.15, 0.2) is 0 Å². The molecule has 0 saturated carbocycles. The van der Waals surface area contributed by atoms with E-state index < -0.39 is 13.0 Å². The van der Waals surface area contributed by atoms with Gasteiger partial charge in [-0.25, -0.2) is 13.8 Å². The first-order valence-corrected chi connectivity index (χ1v) is 5.79. The van der Waals surface area contributed by atoms with E-state index in [-0.39, 0.29) is 12.6 Å². The molecule has 0 fully saturated rings. The van der Waals surface area contributed by atoms with Crippen molar-refractivity contribution in [2.75, 3.05) is 30.8 Å². The van der Waals surface area contributed by atoms with E-state index in [1.54, 1.807) is 0 Å². The number of halogens is 2. The van der Waals surface area contributed by atoms with Crippen molar-refractivity contribution >= 4 is 22.7 Å². The molecule has 2 rings (SSSR count). The van der Waals surface area contributed by atoms with Crippen molar-refractivity contribution < 1.29 is 13.5 Å². The third kappa shape index (κ3) is 3.72. The van der Waals surface area contributed by atoms with E-state index in [2.05, 4.69) is 15.3 Å². The minimum atomic E-state index is -2.45. The van der Waals surface area contributed by atoms with Crippen LogP contribution in [0, 0.1) is 0 Å². The van der Waals surface area contributed by atoms with E-state index in [0.29, 0.717) is 12.4 Å². The number of anilines is 2. The standard InChI is InChI=1S/C12H14F2N4O/c13-10(14)7-19-6-5-16-11-8-3-1-2-4-9(8)17-12(15)18-11/h1-4,10H,5-7H2,(H3,15,16,17,18). The molecule has 0 spiro atoms. The Morgan fingerprint density at radius 3 is 2.84 bits per heavy atom. The third-order valence-corrected chi connectivity index (χ3v) is 2.40. The van der Waals surface area contributed by atoms with E-state index in [0.717, 1.165) is 10.9 Å². The lowest BCUT2D eigenvalue weighted by atomic mass is 10.2. The maximum Gasteiger partial charge on any atom is 0.261 e. The number of nitrogens with one attached hydrogen (secondary N) is 1. The van der Waals surface area contributed by atoms with Gasteiger partial charge in [0.1, 0.15) is 12.4 Å². The van der Waals surface area contributed by atoms with Crippen LogP contribution in [0.15, 0.2) is 24.3 Å². The average molecular weight is 268 g/mol. The molecule has 0 radical (unpaired) electrons.